The van der Waals surface area contributed by atoms with Gasteiger partial charge in [-0.15, -0.1) is 0 Å². The maximum Gasteiger partial charge on any atom is 0.258 e. The minimum absolute atomic E-state index is 0.0226. The predicted octanol–water partition coefficient (Wildman–Crippen LogP) is 3.16. The van der Waals surface area contributed by atoms with Gasteiger partial charge in [0, 0.05) is 13.6 Å². The number of hydrogen-bond donors (Lipinski definition) is 0. The molecule has 0 spiro atoms. The van der Waals surface area contributed by atoms with Gasteiger partial charge in [-0.1, -0.05) is 20.8 Å². The van der Waals surface area contributed by atoms with E-state index in [1.807, 2.05) is 0 Å². The van der Waals surface area contributed by atoms with Crippen LogP contribution in [0, 0.1) is 5.41 Å². The Labute approximate surface area is 98.6 Å². The monoisotopic (exact) mass is 273 g/mol. The molecule has 0 fully saturated rings. The Kier molecular flexibility index (Phi) is 3.60. The van der Waals surface area contributed by atoms with E-state index in [1.165, 1.54) is 6.26 Å². The van der Waals surface area contributed by atoms with Crippen molar-refractivity contribution in [2.75, 3.05) is 13.6 Å². The van der Waals surface area contributed by atoms with Gasteiger partial charge in [-0.25, -0.2) is 0 Å². The molecule has 3 nitrogen and oxygen atoms in total. The number of furan rings is 1. The number of amides is 1. The molecular formula is C11H16BrNO2. The largest absolute Gasteiger partial charge is 0.457 e. The molecule has 0 aromatic carbocycles. The second-order valence-corrected chi connectivity index (χ2v) is 5.55. The van der Waals surface area contributed by atoms with Gasteiger partial charge in [-0.05, 0) is 27.4 Å². The molecule has 0 aliphatic carbocycles. The number of carbonyl (C=O) groups excluding carboxylic acids is 1. The van der Waals surface area contributed by atoms with Crippen LogP contribution in [-0.2, 0) is 0 Å². The molecule has 84 valence electrons. The molecule has 0 aliphatic heterocycles. The van der Waals surface area contributed by atoms with E-state index in [0.717, 1.165) is 0 Å². The van der Waals surface area contributed by atoms with Crippen LogP contribution < -0.4 is 0 Å². The number of carbonyl (C=O) groups is 1. The zero-order chi connectivity index (χ0) is 11.6. The van der Waals surface area contributed by atoms with Gasteiger partial charge < -0.3 is 9.32 Å². The third-order valence-electron chi connectivity index (χ3n) is 1.91. The molecule has 1 amide bonds. The van der Waals surface area contributed by atoms with Gasteiger partial charge >= 0.3 is 0 Å². The normalized spacial score (nSPS) is 11.5. The zero-order valence-electron chi connectivity index (χ0n) is 9.50. The van der Waals surface area contributed by atoms with Crippen molar-refractivity contribution in [3.05, 3.63) is 22.6 Å². The summed E-state index contributed by atoms with van der Waals surface area (Å²) in [6, 6.07) is 1.67. The molecule has 0 saturated carbocycles. The molecule has 0 radical (unpaired) electrons. The summed E-state index contributed by atoms with van der Waals surface area (Å²) in [6.07, 6.45) is 1.50. The van der Waals surface area contributed by atoms with Crippen LogP contribution in [0.1, 0.15) is 31.1 Å². The van der Waals surface area contributed by atoms with Gasteiger partial charge in [0.15, 0.2) is 4.67 Å². The summed E-state index contributed by atoms with van der Waals surface area (Å²) in [6.45, 7) is 7.01. The molecule has 0 N–H and O–H groups in total. The van der Waals surface area contributed by atoms with Crippen molar-refractivity contribution in [2.45, 2.75) is 20.8 Å². The first kappa shape index (κ1) is 12.3. The van der Waals surface area contributed by atoms with Crippen LogP contribution in [-0.4, -0.2) is 24.4 Å². The summed E-state index contributed by atoms with van der Waals surface area (Å²) < 4.78 is 5.53. The van der Waals surface area contributed by atoms with E-state index in [0.29, 0.717) is 16.8 Å². The summed E-state index contributed by atoms with van der Waals surface area (Å²) in [4.78, 5) is 13.6. The van der Waals surface area contributed by atoms with E-state index in [-0.39, 0.29) is 11.3 Å². The fourth-order valence-corrected chi connectivity index (χ4v) is 1.84. The first-order valence-electron chi connectivity index (χ1n) is 4.80. The molecule has 0 saturated heterocycles. The number of halogens is 1. The van der Waals surface area contributed by atoms with Crippen molar-refractivity contribution in [2.24, 2.45) is 5.41 Å². The molecule has 1 aromatic heterocycles. The second kappa shape index (κ2) is 4.39. The lowest BCUT2D eigenvalue weighted by Crippen LogP contribution is -2.34. The van der Waals surface area contributed by atoms with Crippen molar-refractivity contribution in [3.63, 3.8) is 0 Å². The molecular weight excluding hydrogens is 258 g/mol. The average Bonchev–Trinajstić information content (AvgIpc) is 2.47. The Hall–Kier alpha value is -0.770. The Morgan fingerprint density at radius 2 is 2.13 bits per heavy atom. The minimum atomic E-state index is -0.0226. The molecule has 0 aliphatic rings. The third-order valence-corrected chi connectivity index (χ3v) is 2.52. The molecule has 15 heavy (non-hydrogen) atoms. The lowest BCUT2D eigenvalue weighted by molar-refractivity contribution is 0.0743. The van der Waals surface area contributed by atoms with Crippen molar-refractivity contribution in [3.8, 4) is 0 Å². The molecule has 0 unspecified atom stereocenters. The molecule has 1 heterocycles. The quantitative estimate of drug-likeness (QED) is 0.830. The maximum absolute atomic E-state index is 11.9. The van der Waals surface area contributed by atoms with E-state index in [1.54, 1.807) is 18.0 Å². The second-order valence-electron chi connectivity index (χ2n) is 4.83. The van der Waals surface area contributed by atoms with E-state index < -0.39 is 0 Å². The lowest BCUT2D eigenvalue weighted by atomic mass is 9.96. The predicted molar refractivity (Wildman–Crippen MR) is 62.8 cm³/mol. The van der Waals surface area contributed by atoms with Gasteiger partial charge in [0.25, 0.3) is 5.91 Å². The van der Waals surface area contributed by atoms with E-state index in [2.05, 4.69) is 36.7 Å². The van der Waals surface area contributed by atoms with Crippen LogP contribution in [0.5, 0.6) is 0 Å². The summed E-state index contributed by atoms with van der Waals surface area (Å²) >= 11 is 3.20. The number of rotatable bonds is 2. The summed E-state index contributed by atoms with van der Waals surface area (Å²) in [5.41, 5.74) is 0.669. The van der Waals surface area contributed by atoms with Crippen LogP contribution in [0.15, 0.2) is 21.4 Å². The fourth-order valence-electron chi connectivity index (χ4n) is 1.44. The maximum atomic E-state index is 11.9. The van der Waals surface area contributed by atoms with Crippen molar-refractivity contribution in [1.29, 1.82) is 0 Å². The Morgan fingerprint density at radius 1 is 1.53 bits per heavy atom. The van der Waals surface area contributed by atoms with Crippen molar-refractivity contribution < 1.29 is 9.21 Å². The molecule has 0 bridgehead atoms. The van der Waals surface area contributed by atoms with Gasteiger partial charge in [0.1, 0.15) is 0 Å². The van der Waals surface area contributed by atoms with Crippen molar-refractivity contribution in [1.82, 2.24) is 4.90 Å². The highest BCUT2D eigenvalue weighted by molar-refractivity contribution is 9.10. The first-order chi connectivity index (χ1) is 6.81. The van der Waals surface area contributed by atoms with E-state index in [9.17, 15) is 4.79 Å². The highest BCUT2D eigenvalue weighted by Gasteiger charge is 2.21. The van der Waals surface area contributed by atoms with Crippen LogP contribution >= 0.6 is 15.9 Å². The molecule has 0 atom stereocenters. The Balaban J connectivity index is 2.74. The third kappa shape index (κ3) is 3.38. The summed E-state index contributed by atoms with van der Waals surface area (Å²) in [5.74, 6) is -0.0226. The standard InChI is InChI=1S/C11H16BrNO2/c1-11(2,3)7-13(4)10(14)8-5-6-15-9(8)12/h5-6H,7H2,1-4H3. The molecule has 1 aromatic rings. The summed E-state index contributed by atoms with van der Waals surface area (Å²) in [7, 11) is 1.80. The van der Waals surface area contributed by atoms with Gasteiger partial charge in [0.05, 0.1) is 11.8 Å². The Morgan fingerprint density at radius 3 is 2.53 bits per heavy atom. The number of hydrogen-bond acceptors (Lipinski definition) is 2. The van der Waals surface area contributed by atoms with Crippen LogP contribution in [0.2, 0.25) is 0 Å². The van der Waals surface area contributed by atoms with Crippen LogP contribution in [0.25, 0.3) is 0 Å². The van der Waals surface area contributed by atoms with Gasteiger partial charge in [-0.3, -0.25) is 4.79 Å². The average molecular weight is 274 g/mol. The topological polar surface area (TPSA) is 33.5 Å². The summed E-state index contributed by atoms with van der Waals surface area (Å²) in [5, 5.41) is 0. The number of nitrogens with zero attached hydrogens (tertiary/aromatic N) is 1. The highest BCUT2D eigenvalue weighted by Crippen LogP contribution is 2.21. The van der Waals surface area contributed by atoms with E-state index >= 15 is 0 Å². The smallest absolute Gasteiger partial charge is 0.258 e. The first-order valence-corrected chi connectivity index (χ1v) is 5.59. The van der Waals surface area contributed by atoms with Crippen LogP contribution in [0.4, 0.5) is 0 Å². The minimum Gasteiger partial charge on any atom is -0.457 e. The lowest BCUT2D eigenvalue weighted by Gasteiger charge is -2.26. The van der Waals surface area contributed by atoms with Gasteiger partial charge in [0.2, 0.25) is 0 Å². The highest BCUT2D eigenvalue weighted by atomic mass is 79.9. The molecule has 1 rings (SSSR count). The van der Waals surface area contributed by atoms with Crippen molar-refractivity contribution >= 4 is 21.8 Å². The van der Waals surface area contributed by atoms with Gasteiger partial charge in [-0.2, -0.15) is 0 Å². The van der Waals surface area contributed by atoms with Crippen LogP contribution in [0.3, 0.4) is 0 Å². The van der Waals surface area contributed by atoms with E-state index in [4.69, 9.17) is 4.42 Å². The molecule has 4 heteroatoms. The fraction of sp³-hybridized carbons (Fsp3) is 0.545. The Bertz CT molecular complexity index is 352. The SMILES string of the molecule is CN(CC(C)(C)C)C(=O)c1ccoc1Br. The zero-order valence-corrected chi connectivity index (χ0v) is 11.1.